The summed E-state index contributed by atoms with van der Waals surface area (Å²) in [6.45, 7) is 4.91. The molecule has 0 aromatic heterocycles. The van der Waals surface area contributed by atoms with Crippen molar-refractivity contribution in [3.05, 3.63) is 0 Å². The fraction of sp³-hybridized carbons (Fsp3) is 1.00. The topological polar surface area (TPSA) is 32.7 Å². The van der Waals surface area contributed by atoms with Gasteiger partial charge in [0.05, 0.1) is 11.2 Å². The minimum Gasteiger partial charge on any atom is -0.389 e. The Bertz CT molecular complexity index is 310. The number of β-amino-alcohol motifs (C(OH)–C–C–N with tert-alkyl or cyclic N) is 1. The Kier molecular flexibility index (Phi) is 4.14. The normalized spacial score (nSPS) is 40.4. The van der Waals surface area contributed by atoms with Crippen LogP contribution < -0.4 is 0 Å². The van der Waals surface area contributed by atoms with Gasteiger partial charge in [0, 0.05) is 19.2 Å². The summed E-state index contributed by atoms with van der Waals surface area (Å²) in [6, 6.07) is 0.628. The Morgan fingerprint density at radius 3 is 2.79 bits per heavy atom. The predicted octanol–water partition coefficient (Wildman–Crippen LogP) is 2.28. The highest BCUT2D eigenvalue weighted by Gasteiger charge is 2.42. The molecule has 0 saturated carbocycles. The van der Waals surface area contributed by atoms with Crippen molar-refractivity contribution in [2.45, 2.75) is 62.7 Å². The Morgan fingerprint density at radius 2 is 2.05 bits per heavy atom. The lowest BCUT2D eigenvalue weighted by molar-refractivity contribution is -0.124. The Labute approximate surface area is 121 Å². The van der Waals surface area contributed by atoms with E-state index in [4.69, 9.17) is 4.74 Å². The number of hydrogen-bond acceptors (Lipinski definition) is 4. The molecule has 2 unspecified atom stereocenters. The lowest BCUT2D eigenvalue weighted by atomic mass is 9.83. The number of hydrogen-bond donors (Lipinski definition) is 1. The number of ether oxygens (including phenoxy) is 1. The third-order valence-corrected chi connectivity index (χ3v) is 6.08. The first-order chi connectivity index (χ1) is 9.09. The molecule has 3 saturated heterocycles. The second-order valence-corrected chi connectivity index (χ2v) is 8.09. The van der Waals surface area contributed by atoms with Crippen molar-refractivity contribution >= 4 is 11.8 Å². The van der Waals surface area contributed by atoms with Gasteiger partial charge in [-0.2, -0.15) is 11.8 Å². The van der Waals surface area contributed by atoms with Gasteiger partial charge in [0.25, 0.3) is 0 Å². The summed E-state index contributed by atoms with van der Waals surface area (Å²) >= 11 is 2.07. The third-order valence-electron chi connectivity index (χ3n) is 5.09. The van der Waals surface area contributed by atoms with Crippen molar-refractivity contribution in [3.63, 3.8) is 0 Å². The van der Waals surface area contributed by atoms with Crippen molar-refractivity contribution in [1.29, 1.82) is 0 Å². The summed E-state index contributed by atoms with van der Waals surface area (Å²) in [5, 5.41) is 10.3. The van der Waals surface area contributed by atoms with Crippen LogP contribution in [0.1, 0.15) is 45.4 Å². The second-order valence-electron chi connectivity index (χ2n) is 6.86. The van der Waals surface area contributed by atoms with E-state index in [1.54, 1.807) is 0 Å². The zero-order valence-corrected chi connectivity index (χ0v) is 12.9. The van der Waals surface area contributed by atoms with Crippen LogP contribution in [0.4, 0.5) is 0 Å². The van der Waals surface area contributed by atoms with Crippen LogP contribution in [0.5, 0.6) is 0 Å². The number of likely N-dealkylation sites (tertiary alicyclic amines) is 1. The van der Waals surface area contributed by atoms with Crippen molar-refractivity contribution in [2.24, 2.45) is 0 Å². The van der Waals surface area contributed by atoms with Crippen LogP contribution in [0.15, 0.2) is 0 Å². The number of piperidine rings is 1. The molecule has 2 atom stereocenters. The predicted molar refractivity (Wildman–Crippen MR) is 79.7 cm³/mol. The van der Waals surface area contributed by atoms with Gasteiger partial charge in [0.1, 0.15) is 0 Å². The summed E-state index contributed by atoms with van der Waals surface area (Å²) in [5.41, 5.74) is -0.316. The number of aliphatic hydroxyl groups is 1. The molecule has 4 heteroatoms. The van der Waals surface area contributed by atoms with Gasteiger partial charge in [-0.05, 0) is 63.5 Å². The quantitative estimate of drug-likeness (QED) is 0.801. The minimum absolute atomic E-state index is 0.164. The molecule has 19 heavy (non-hydrogen) atoms. The summed E-state index contributed by atoms with van der Waals surface area (Å²) in [6.07, 6.45) is 6.85. The molecule has 0 bridgehead atoms. The maximum absolute atomic E-state index is 10.3. The van der Waals surface area contributed by atoms with E-state index in [2.05, 4.69) is 16.7 Å². The molecule has 0 amide bonds. The standard InChI is InChI=1S/C15H27NO2S/c1-14(17)4-2-7-16(12-14)13-3-8-18-15(11-13)5-9-19-10-6-15/h13,17H,2-12H2,1H3. The Balaban J connectivity index is 1.64. The molecule has 1 spiro atoms. The van der Waals surface area contributed by atoms with Crippen LogP contribution in [-0.2, 0) is 4.74 Å². The van der Waals surface area contributed by atoms with Crippen LogP contribution in [-0.4, -0.2) is 58.5 Å². The van der Waals surface area contributed by atoms with Crippen LogP contribution in [0.25, 0.3) is 0 Å². The fourth-order valence-corrected chi connectivity index (χ4v) is 5.21. The molecule has 0 radical (unpaired) electrons. The van der Waals surface area contributed by atoms with Crippen LogP contribution in [0.3, 0.4) is 0 Å². The van der Waals surface area contributed by atoms with Gasteiger partial charge in [-0.15, -0.1) is 0 Å². The van der Waals surface area contributed by atoms with E-state index in [1.165, 1.54) is 30.8 Å². The van der Waals surface area contributed by atoms with Crippen molar-refractivity contribution in [1.82, 2.24) is 4.90 Å². The zero-order chi connectivity index (χ0) is 13.3. The van der Waals surface area contributed by atoms with Gasteiger partial charge in [-0.3, -0.25) is 4.90 Å². The molecule has 3 aliphatic heterocycles. The largest absolute Gasteiger partial charge is 0.389 e. The van der Waals surface area contributed by atoms with Gasteiger partial charge in [-0.1, -0.05) is 0 Å². The van der Waals surface area contributed by atoms with Crippen LogP contribution >= 0.6 is 11.8 Å². The van der Waals surface area contributed by atoms with Gasteiger partial charge >= 0.3 is 0 Å². The summed E-state index contributed by atoms with van der Waals surface area (Å²) in [5.74, 6) is 2.51. The lowest BCUT2D eigenvalue weighted by Crippen LogP contribution is -2.55. The van der Waals surface area contributed by atoms with Gasteiger partial charge in [-0.25, -0.2) is 0 Å². The van der Waals surface area contributed by atoms with E-state index in [-0.39, 0.29) is 5.60 Å². The highest BCUT2D eigenvalue weighted by molar-refractivity contribution is 7.99. The smallest absolute Gasteiger partial charge is 0.0746 e. The number of nitrogens with zero attached hydrogens (tertiary/aromatic N) is 1. The van der Waals surface area contributed by atoms with E-state index in [0.29, 0.717) is 6.04 Å². The third kappa shape index (κ3) is 3.29. The summed E-state index contributed by atoms with van der Waals surface area (Å²) < 4.78 is 6.18. The van der Waals surface area contributed by atoms with E-state index < -0.39 is 5.60 Å². The van der Waals surface area contributed by atoms with Crippen LogP contribution in [0, 0.1) is 0 Å². The van der Waals surface area contributed by atoms with Crippen molar-refractivity contribution < 1.29 is 9.84 Å². The Hall–Kier alpha value is 0.230. The summed E-state index contributed by atoms with van der Waals surface area (Å²) in [4.78, 5) is 2.54. The molecule has 110 valence electrons. The highest BCUT2D eigenvalue weighted by atomic mass is 32.2. The van der Waals surface area contributed by atoms with E-state index in [0.717, 1.165) is 39.0 Å². The molecular formula is C15H27NO2S. The first-order valence-electron chi connectivity index (χ1n) is 7.77. The fourth-order valence-electron chi connectivity index (χ4n) is 3.98. The van der Waals surface area contributed by atoms with Gasteiger partial charge in [0.15, 0.2) is 0 Å². The molecule has 0 aromatic carbocycles. The monoisotopic (exact) mass is 285 g/mol. The zero-order valence-electron chi connectivity index (χ0n) is 12.1. The van der Waals surface area contributed by atoms with Crippen molar-refractivity contribution in [3.8, 4) is 0 Å². The van der Waals surface area contributed by atoms with Crippen LogP contribution in [0.2, 0.25) is 0 Å². The SMILES string of the molecule is CC1(O)CCCN(C2CCOC3(CCSCC3)C2)C1. The lowest BCUT2D eigenvalue weighted by Gasteiger charge is -2.49. The van der Waals surface area contributed by atoms with Gasteiger partial charge in [0.2, 0.25) is 0 Å². The molecule has 0 aliphatic carbocycles. The van der Waals surface area contributed by atoms with E-state index >= 15 is 0 Å². The molecule has 1 N–H and O–H groups in total. The van der Waals surface area contributed by atoms with E-state index in [9.17, 15) is 5.11 Å². The average molecular weight is 285 g/mol. The molecule has 3 fully saturated rings. The molecule has 3 heterocycles. The molecular weight excluding hydrogens is 258 g/mol. The maximum Gasteiger partial charge on any atom is 0.0746 e. The van der Waals surface area contributed by atoms with Gasteiger partial charge < -0.3 is 9.84 Å². The average Bonchev–Trinajstić information content (AvgIpc) is 2.38. The highest BCUT2D eigenvalue weighted by Crippen LogP contribution is 2.39. The Morgan fingerprint density at radius 1 is 1.26 bits per heavy atom. The van der Waals surface area contributed by atoms with E-state index in [1.807, 2.05) is 6.92 Å². The molecule has 0 aromatic rings. The molecule has 3 nitrogen and oxygen atoms in total. The molecule has 3 aliphatic rings. The molecule has 3 rings (SSSR count). The number of thioether (sulfide) groups is 1. The summed E-state index contributed by atoms with van der Waals surface area (Å²) in [7, 11) is 0. The van der Waals surface area contributed by atoms with Crippen molar-refractivity contribution in [2.75, 3.05) is 31.2 Å². The minimum atomic E-state index is -0.480. The second kappa shape index (κ2) is 5.55. The first kappa shape index (κ1) is 14.2. The number of rotatable bonds is 1. The first-order valence-corrected chi connectivity index (χ1v) is 8.92. The maximum atomic E-state index is 10.3.